The molecule has 0 amide bonds. The van der Waals surface area contributed by atoms with E-state index < -0.39 is 0 Å². The quantitative estimate of drug-likeness (QED) is 0.432. The zero-order valence-electron chi connectivity index (χ0n) is 13.4. The number of benzene rings is 3. The number of halogens is 2. The minimum absolute atomic E-state index is 0.242. The van der Waals surface area contributed by atoms with E-state index in [0.717, 1.165) is 22.5 Å². The molecule has 0 saturated heterocycles. The van der Waals surface area contributed by atoms with Gasteiger partial charge < -0.3 is 9.84 Å². The van der Waals surface area contributed by atoms with E-state index in [4.69, 9.17) is 16.1 Å². The van der Waals surface area contributed by atoms with Crippen molar-refractivity contribution in [2.24, 2.45) is 0 Å². The summed E-state index contributed by atoms with van der Waals surface area (Å²) >= 11 is 5.80. The highest BCUT2D eigenvalue weighted by atomic mass is 35.5. The van der Waals surface area contributed by atoms with Crippen molar-refractivity contribution in [2.45, 2.75) is 0 Å². The average Bonchev–Trinajstić information content (AvgIpc) is 2.84. The van der Waals surface area contributed by atoms with Gasteiger partial charge in [0.2, 0.25) is 0 Å². The van der Waals surface area contributed by atoms with Crippen molar-refractivity contribution < 1.29 is 8.91 Å². The molecule has 0 radical (unpaired) electrons. The average molecular weight is 356 g/mol. The summed E-state index contributed by atoms with van der Waals surface area (Å²) < 4.78 is 20.7. The number of hydrogen-bond donors (Lipinski definition) is 2. The summed E-state index contributed by atoms with van der Waals surface area (Å²) in [6.07, 6.45) is 0. The number of rotatable bonds is 2. The van der Waals surface area contributed by atoms with Crippen LogP contribution >= 0.6 is 11.6 Å². The molecule has 0 saturated carbocycles. The molecule has 0 spiro atoms. The van der Waals surface area contributed by atoms with Crippen molar-refractivity contribution in [1.29, 1.82) is 0 Å². The van der Waals surface area contributed by atoms with Gasteiger partial charge in [0.15, 0.2) is 5.58 Å². The molecule has 3 aliphatic heterocycles. The first kappa shape index (κ1) is 15.6. The lowest BCUT2D eigenvalue weighted by Crippen LogP contribution is -2.02. The fourth-order valence-corrected chi connectivity index (χ4v) is 2.94. The lowest BCUT2D eigenvalue weighted by atomic mass is 10.0. The molecule has 3 aromatic rings. The number of pyridine rings is 1. The van der Waals surface area contributed by atoms with Crippen LogP contribution < -0.4 is 5.32 Å². The molecule has 0 unspecified atom stereocenters. The minimum Gasteiger partial charge on any atom is -0.388 e. The Balaban J connectivity index is 0.000000144. The van der Waals surface area contributed by atoms with Crippen molar-refractivity contribution >= 4 is 28.4 Å². The van der Waals surface area contributed by atoms with Gasteiger partial charge in [-0.05, 0) is 48.0 Å². The molecule has 3 heterocycles. The lowest BCUT2D eigenvalue weighted by Gasteiger charge is -2.10. The molecular weight excluding hydrogens is 341 g/mol. The van der Waals surface area contributed by atoms with Crippen LogP contribution in [0.2, 0.25) is 5.02 Å². The van der Waals surface area contributed by atoms with E-state index in [0.29, 0.717) is 10.6 Å². The van der Waals surface area contributed by atoms with Crippen LogP contribution in [0, 0.1) is 5.82 Å². The number of hydrogen-bond acceptors (Lipinski definition) is 2. The zero-order valence-corrected chi connectivity index (χ0v) is 14.1. The molecule has 4 bridgehead atoms. The predicted octanol–water partition coefficient (Wildman–Crippen LogP) is 5.62. The third kappa shape index (κ3) is 2.72. The Morgan fingerprint density at radius 1 is 1.08 bits per heavy atom. The molecule has 0 aliphatic carbocycles. The van der Waals surface area contributed by atoms with Crippen molar-refractivity contribution in [1.82, 2.24) is 9.95 Å². The van der Waals surface area contributed by atoms with Crippen LogP contribution in [0.5, 0.6) is 0 Å². The topological polar surface area (TPSA) is 45.9 Å². The summed E-state index contributed by atoms with van der Waals surface area (Å²) in [5.41, 5.74) is 5.39. The van der Waals surface area contributed by atoms with Gasteiger partial charge in [0.05, 0.1) is 5.52 Å². The smallest absolute Gasteiger partial charge is 0.182 e. The molecule has 2 N–H and O–H groups in total. The maximum atomic E-state index is 13.8. The molecule has 126 valence electrons. The fraction of sp³-hybridized carbons (Fsp3) is 0.0526. The van der Waals surface area contributed by atoms with E-state index in [1.807, 2.05) is 35.0 Å². The Morgan fingerprint density at radius 2 is 1.88 bits per heavy atom. The van der Waals surface area contributed by atoms with Gasteiger partial charge in [-0.25, -0.2) is 9.07 Å². The third-order valence-electron chi connectivity index (χ3n) is 4.10. The molecule has 3 aliphatic rings. The summed E-state index contributed by atoms with van der Waals surface area (Å²) in [6.45, 7) is 0. The fourth-order valence-electron chi connectivity index (χ4n) is 2.82. The number of fused-ring (bicyclic) bond motifs is 1. The maximum Gasteiger partial charge on any atom is 0.182 e. The molecule has 0 atom stereocenters. The molecule has 25 heavy (non-hydrogen) atoms. The van der Waals surface area contributed by atoms with Crippen LogP contribution in [-0.4, -0.2) is 17.0 Å². The van der Waals surface area contributed by atoms with Gasteiger partial charge in [-0.15, -0.1) is 0 Å². The summed E-state index contributed by atoms with van der Waals surface area (Å²) in [5.74, 6) is -0.242. The van der Waals surface area contributed by atoms with Crippen LogP contribution in [0.25, 0.3) is 27.9 Å². The second-order valence-corrected chi connectivity index (χ2v) is 6.04. The van der Waals surface area contributed by atoms with E-state index in [1.165, 1.54) is 11.6 Å². The minimum atomic E-state index is -0.242. The number of aromatic amines is 1. The molecule has 6 heteroatoms. The van der Waals surface area contributed by atoms with Crippen LogP contribution in [0.1, 0.15) is 0 Å². The van der Waals surface area contributed by atoms with Gasteiger partial charge in [-0.1, -0.05) is 29.8 Å². The number of H-pyrrole nitrogens is 1. The molecule has 0 fully saturated rings. The maximum absolute atomic E-state index is 13.8. The number of nitrogens with zero attached hydrogens (tertiary/aromatic N) is 1. The summed E-state index contributed by atoms with van der Waals surface area (Å²) in [4.78, 5) is 0. The number of anilines is 1. The van der Waals surface area contributed by atoms with Crippen LogP contribution in [0.4, 0.5) is 10.1 Å². The third-order valence-corrected chi connectivity index (χ3v) is 4.36. The van der Waals surface area contributed by atoms with Crippen molar-refractivity contribution in [3.05, 3.63) is 71.5 Å². The Bertz CT molecular complexity index is 1050. The highest BCUT2D eigenvalue weighted by molar-refractivity contribution is 6.30. The first-order valence-corrected chi connectivity index (χ1v) is 8.14. The van der Waals surface area contributed by atoms with E-state index in [9.17, 15) is 4.39 Å². The molecule has 3 aromatic carbocycles. The highest BCUT2D eigenvalue weighted by Gasteiger charge is 2.15. The number of aromatic nitrogens is 2. The van der Waals surface area contributed by atoms with Crippen LogP contribution in [0.3, 0.4) is 0 Å². The normalized spacial score (nSPS) is 11.0. The molecule has 0 aromatic heterocycles. The highest BCUT2D eigenvalue weighted by Crippen LogP contribution is 2.31. The Labute approximate surface area is 148 Å². The lowest BCUT2D eigenvalue weighted by molar-refractivity contribution is 0.409. The van der Waals surface area contributed by atoms with Crippen LogP contribution in [-0.2, 0) is 0 Å². The van der Waals surface area contributed by atoms with E-state index in [-0.39, 0.29) is 5.82 Å². The first-order valence-electron chi connectivity index (χ1n) is 7.76. The van der Waals surface area contributed by atoms with Crippen LogP contribution in [0.15, 0.2) is 65.2 Å². The monoisotopic (exact) mass is 355 g/mol. The molecule has 4 nitrogen and oxygen atoms in total. The van der Waals surface area contributed by atoms with Gasteiger partial charge in [0.25, 0.3) is 0 Å². The van der Waals surface area contributed by atoms with E-state index >= 15 is 0 Å². The predicted molar refractivity (Wildman–Crippen MR) is 98.7 cm³/mol. The first-order chi connectivity index (χ1) is 12.2. The SMILES string of the molecule is CNc1cccc(F)c1-c1ccc(Cl)cc1.c1cc2cc3c1o[nH]n2-3. The standard InChI is InChI=1S/C13H11ClFN.C6H4N2O/c1-16-12-4-2-3-11(15)13(12)9-5-7-10(14)8-6-9;1-2-6-5-3-4(1)8(5)7-9-6/h2-8,16H,1H3;1-3,7H. The van der Waals surface area contributed by atoms with Gasteiger partial charge in [0, 0.05) is 23.3 Å². The van der Waals surface area contributed by atoms with Gasteiger partial charge in [-0.2, -0.15) is 5.27 Å². The Morgan fingerprint density at radius 3 is 2.52 bits per heavy atom. The second-order valence-electron chi connectivity index (χ2n) is 5.60. The van der Waals surface area contributed by atoms with Gasteiger partial charge in [-0.3, -0.25) is 0 Å². The molecule has 6 rings (SSSR count). The molecular formula is C19H15ClFN3O. The summed E-state index contributed by atoms with van der Waals surface area (Å²) in [7, 11) is 1.77. The number of nitrogens with one attached hydrogen (secondary N) is 2. The van der Waals surface area contributed by atoms with Gasteiger partial charge >= 0.3 is 0 Å². The van der Waals surface area contributed by atoms with E-state index in [2.05, 4.69) is 16.7 Å². The summed E-state index contributed by atoms with van der Waals surface area (Å²) in [5, 5.41) is 6.37. The second kappa shape index (κ2) is 6.18. The van der Waals surface area contributed by atoms with Crippen molar-refractivity contribution in [3.8, 4) is 16.8 Å². The summed E-state index contributed by atoms with van der Waals surface area (Å²) in [6, 6.07) is 18.1. The van der Waals surface area contributed by atoms with E-state index in [1.54, 1.807) is 25.2 Å². The largest absolute Gasteiger partial charge is 0.388 e. The van der Waals surface area contributed by atoms with Gasteiger partial charge in [0.1, 0.15) is 11.5 Å². The Kier molecular flexibility index (Phi) is 3.86. The van der Waals surface area contributed by atoms with Crippen molar-refractivity contribution in [2.75, 3.05) is 12.4 Å². The Hall–Kier alpha value is -2.92. The zero-order chi connectivity index (χ0) is 17.4. The van der Waals surface area contributed by atoms with Crippen molar-refractivity contribution in [3.63, 3.8) is 0 Å².